The molecule has 3 fully saturated rings. The van der Waals surface area contributed by atoms with E-state index in [1.807, 2.05) is 11.8 Å². The Hall–Kier alpha value is -0.220. The predicted octanol–water partition coefficient (Wildman–Crippen LogP) is 2.08. The van der Waals surface area contributed by atoms with Gasteiger partial charge in [0.2, 0.25) is 0 Å². The summed E-state index contributed by atoms with van der Waals surface area (Å²) >= 11 is 1.91. The zero-order valence-corrected chi connectivity index (χ0v) is 11.7. The molecule has 3 rings (SSSR count). The van der Waals surface area contributed by atoms with Crippen LogP contribution in [-0.2, 0) is 0 Å². The molecule has 3 nitrogen and oxygen atoms in total. The van der Waals surface area contributed by atoms with Crippen LogP contribution in [0.25, 0.3) is 0 Å². The molecule has 2 unspecified atom stereocenters. The van der Waals surface area contributed by atoms with Gasteiger partial charge in [0.1, 0.15) is 0 Å². The zero-order chi connectivity index (χ0) is 11.9. The maximum Gasteiger partial charge on any atom is 0.157 e. The highest BCUT2D eigenvalue weighted by Crippen LogP contribution is 2.31. The molecule has 0 aromatic carbocycles. The Morgan fingerprint density at radius 2 is 2.29 bits per heavy atom. The molecule has 2 saturated heterocycles. The lowest BCUT2D eigenvalue weighted by molar-refractivity contribution is 0.324. The van der Waals surface area contributed by atoms with Gasteiger partial charge in [0.15, 0.2) is 5.17 Å². The summed E-state index contributed by atoms with van der Waals surface area (Å²) in [5, 5.41) is 4.79. The van der Waals surface area contributed by atoms with Crippen LogP contribution in [0.5, 0.6) is 0 Å². The minimum atomic E-state index is 0.276. The number of nitrogens with one attached hydrogen (secondary N) is 1. The molecule has 0 aromatic heterocycles. The van der Waals surface area contributed by atoms with Crippen LogP contribution in [0, 0.1) is 0 Å². The highest BCUT2D eigenvalue weighted by Gasteiger charge is 2.35. The number of amidine groups is 1. The van der Waals surface area contributed by atoms with E-state index in [-0.39, 0.29) is 5.54 Å². The summed E-state index contributed by atoms with van der Waals surface area (Å²) < 4.78 is 0. The first kappa shape index (κ1) is 11.8. The Morgan fingerprint density at radius 1 is 1.47 bits per heavy atom. The number of nitrogens with zero attached hydrogens (tertiary/aromatic N) is 2. The molecule has 0 radical (unpaired) electrons. The Bertz CT molecular complexity index is 327. The lowest BCUT2D eigenvalue weighted by Gasteiger charge is -2.21. The first-order valence-electron chi connectivity index (χ1n) is 6.91. The molecule has 1 aliphatic carbocycles. The number of thioether (sulfide) groups is 1. The van der Waals surface area contributed by atoms with Crippen LogP contribution < -0.4 is 5.32 Å². The van der Waals surface area contributed by atoms with E-state index < -0.39 is 0 Å². The van der Waals surface area contributed by atoms with E-state index in [1.54, 1.807) is 0 Å². The van der Waals surface area contributed by atoms with Crippen LogP contribution in [0.3, 0.4) is 0 Å². The lowest BCUT2D eigenvalue weighted by Crippen LogP contribution is -2.40. The van der Waals surface area contributed by atoms with E-state index in [4.69, 9.17) is 4.99 Å². The standard InChI is InChI=1S/C13H23N3S/c1-3-13(2)9-17-12(15-13)14-10-6-7-16(8-10)11-4-5-11/h10-11H,3-9H2,1-2H3,(H,14,15). The van der Waals surface area contributed by atoms with Gasteiger partial charge < -0.3 is 5.32 Å². The van der Waals surface area contributed by atoms with Gasteiger partial charge in [-0.15, -0.1) is 0 Å². The Balaban J connectivity index is 1.56. The fraction of sp³-hybridized carbons (Fsp3) is 0.923. The van der Waals surface area contributed by atoms with Crippen LogP contribution in [0.1, 0.15) is 39.5 Å². The topological polar surface area (TPSA) is 27.6 Å². The third-order valence-electron chi connectivity index (χ3n) is 4.27. The largest absolute Gasteiger partial charge is 0.359 e. The Morgan fingerprint density at radius 3 is 2.94 bits per heavy atom. The van der Waals surface area contributed by atoms with Crippen LogP contribution in [0.4, 0.5) is 0 Å². The highest BCUT2D eigenvalue weighted by molar-refractivity contribution is 8.14. The summed E-state index contributed by atoms with van der Waals surface area (Å²) in [6.45, 7) is 7.01. The summed E-state index contributed by atoms with van der Waals surface area (Å²) in [4.78, 5) is 7.54. The summed E-state index contributed by atoms with van der Waals surface area (Å²) in [7, 11) is 0. The zero-order valence-electron chi connectivity index (χ0n) is 10.9. The number of hydrogen-bond acceptors (Lipinski definition) is 3. The van der Waals surface area contributed by atoms with Crippen molar-refractivity contribution >= 4 is 16.9 Å². The van der Waals surface area contributed by atoms with Crippen molar-refractivity contribution in [1.29, 1.82) is 0 Å². The minimum Gasteiger partial charge on any atom is -0.359 e. The van der Waals surface area contributed by atoms with Crippen molar-refractivity contribution in [2.45, 2.75) is 57.2 Å². The van der Waals surface area contributed by atoms with E-state index in [9.17, 15) is 0 Å². The van der Waals surface area contributed by atoms with Crippen molar-refractivity contribution in [3.05, 3.63) is 0 Å². The SMILES string of the molecule is CCC1(C)CSC(=NC2CCN(C3CC3)C2)N1. The van der Waals surface area contributed by atoms with Crippen molar-refractivity contribution in [2.24, 2.45) is 4.99 Å². The predicted molar refractivity (Wildman–Crippen MR) is 74.7 cm³/mol. The molecule has 4 heteroatoms. The van der Waals surface area contributed by atoms with Crippen molar-refractivity contribution in [2.75, 3.05) is 18.8 Å². The molecule has 2 aliphatic heterocycles. The van der Waals surface area contributed by atoms with Gasteiger partial charge in [-0.2, -0.15) is 0 Å². The third kappa shape index (κ3) is 2.63. The van der Waals surface area contributed by atoms with Gasteiger partial charge in [0.25, 0.3) is 0 Å². The second-order valence-corrected chi connectivity index (χ2v) is 6.89. The average molecular weight is 253 g/mol. The number of likely N-dealkylation sites (tertiary alicyclic amines) is 1. The van der Waals surface area contributed by atoms with Crippen LogP contribution >= 0.6 is 11.8 Å². The smallest absolute Gasteiger partial charge is 0.157 e. The lowest BCUT2D eigenvalue weighted by atomic mass is 10.0. The van der Waals surface area contributed by atoms with Crippen molar-refractivity contribution < 1.29 is 0 Å². The molecule has 2 atom stereocenters. The number of hydrogen-bond donors (Lipinski definition) is 1. The third-order valence-corrected chi connectivity index (χ3v) is 5.54. The van der Waals surface area contributed by atoms with Gasteiger partial charge in [-0.25, -0.2) is 0 Å². The summed E-state index contributed by atoms with van der Waals surface area (Å²) in [6, 6.07) is 1.45. The maximum absolute atomic E-state index is 4.91. The molecule has 0 amide bonds. The van der Waals surface area contributed by atoms with Gasteiger partial charge in [-0.05, 0) is 32.6 Å². The normalized spacial score (nSPS) is 41.1. The molecule has 1 saturated carbocycles. The summed E-state index contributed by atoms with van der Waals surface area (Å²) in [5.41, 5.74) is 0.276. The van der Waals surface area contributed by atoms with Crippen molar-refractivity contribution in [3.63, 3.8) is 0 Å². The van der Waals surface area contributed by atoms with Crippen molar-refractivity contribution in [3.8, 4) is 0 Å². The first-order chi connectivity index (χ1) is 8.18. The Kier molecular flexibility index (Phi) is 3.11. The second-order valence-electron chi connectivity index (χ2n) is 5.93. The molecule has 96 valence electrons. The molecule has 3 aliphatic rings. The monoisotopic (exact) mass is 253 g/mol. The molecule has 0 spiro atoms. The van der Waals surface area contributed by atoms with E-state index in [0.717, 1.165) is 6.04 Å². The van der Waals surface area contributed by atoms with Gasteiger partial charge in [-0.3, -0.25) is 9.89 Å². The van der Waals surface area contributed by atoms with E-state index >= 15 is 0 Å². The fourth-order valence-corrected chi connectivity index (χ4v) is 3.90. The molecular weight excluding hydrogens is 230 g/mol. The quantitative estimate of drug-likeness (QED) is 0.834. The fourth-order valence-electron chi connectivity index (χ4n) is 2.63. The van der Waals surface area contributed by atoms with Gasteiger partial charge in [-0.1, -0.05) is 18.7 Å². The van der Waals surface area contributed by atoms with Crippen LogP contribution in [0.15, 0.2) is 4.99 Å². The van der Waals surface area contributed by atoms with Crippen molar-refractivity contribution in [1.82, 2.24) is 10.2 Å². The average Bonchev–Trinajstić information content (AvgIpc) is 2.97. The number of rotatable bonds is 3. The first-order valence-corrected chi connectivity index (χ1v) is 7.90. The summed E-state index contributed by atoms with van der Waals surface area (Å²) in [5.74, 6) is 1.17. The van der Waals surface area contributed by atoms with Gasteiger partial charge in [0, 0.05) is 30.4 Å². The van der Waals surface area contributed by atoms with Gasteiger partial charge >= 0.3 is 0 Å². The van der Waals surface area contributed by atoms with E-state index in [1.165, 1.54) is 49.7 Å². The minimum absolute atomic E-state index is 0.276. The molecule has 1 N–H and O–H groups in total. The Labute approximate surface area is 108 Å². The number of aliphatic imine (C=N–C) groups is 1. The second kappa shape index (κ2) is 4.47. The van der Waals surface area contributed by atoms with Crippen LogP contribution in [-0.4, -0.2) is 46.5 Å². The highest BCUT2D eigenvalue weighted by atomic mass is 32.2. The maximum atomic E-state index is 4.91. The molecule has 17 heavy (non-hydrogen) atoms. The van der Waals surface area contributed by atoms with Gasteiger partial charge in [0.05, 0.1) is 6.04 Å². The van der Waals surface area contributed by atoms with E-state index in [2.05, 4.69) is 24.1 Å². The van der Waals surface area contributed by atoms with E-state index in [0.29, 0.717) is 6.04 Å². The van der Waals surface area contributed by atoms with Crippen LogP contribution in [0.2, 0.25) is 0 Å². The molecule has 0 bridgehead atoms. The molecule has 2 heterocycles. The molecular formula is C13H23N3S. The molecule has 0 aromatic rings. The summed E-state index contributed by atoms with van der Waals surface area (Å²) in [6.07, 6.45) is 5.28.